The molecule has 1 atom stereocenters. The molecule has 0 aromatic heterocycles. The van der Waals surface area contributed by atoms with E-state index in [1.807, 2.05) is 19.9 Å². The number of aryl methyl sites for hydroxylation is 1. The molecule has 0 radical (unpaired) electrons. The maximum atomic E-state index is 13.2. The summed E-state index contributed by atoms with van der Waals surface area (Å²) in [4.78, 5) is 11.3. The first-order valence-corrected chi connectivity index (χ1v) is 9.96. The van der Waals surface area contributed by atoms with Crippen molar-refractivity contribution in [2.75, 3.05) is 19.8 Å². The van der Waals surface area contributed by atoms with Gasteiger partial charge in [-0.3, -0.25) is 4.79 Å². The molecule has 0 heterocycles. The molecule has 6 heteroatoms. The minimum atomic E-state index is -0.317. The van der Waals surface area contributed by atoms with Crippen LogP contribution in [0, 0.1) is 5.82 Å². The van der Waals surface area contributed by atoms with Gasteiger partial charge in [0.05, 0.1) is 32.3 Å². The van der Waals surface area contributed by atoms with E-state index in [1.54, 1.807) is 25.1 Å². The zero-order valence-corrected chi connectivity index (χ0v) is 17.2. The van der Waals surface area contributed by atoms with Crippen LogP contribution in [0.2, 0.25) is 0 Å². The molecule has 0 bridgehead atoms. The summed E-state index contributed by atoms with van der Waals surface area (Å²) >= 11 is 0. The average molecular weight is 404 g/mol. The van der Waals surface area contributed by atoms with E-state index in [1.165, 1.54) is 12.1 Å². The molecule has 2 rings (SSSR count). The Morgan fingerprint density at radius 3 is 2.52 bits per heavy atom. The standard InChI is InChI=1S/C23H29FO5/c1-4-17-14-20(18-6-8-19(24)9-7-18)21(25)15-22(17)29-16(3)10-12-27-13-11-23(26)28-5-2/h6-9,14-16,25H,4-5,10-13H2,1-3H3. The van der Waals surface area contributed by atoms with Crippen molar-refractivity contribution in [3.8, 4) is 22.6 Å². The van der Waals surface area contributed by atoms with Crippen molar-refractivity contribution in [3.63, 3.8) is 0 Å². The summed E-state index contributed by atoms with van der Waals surface area (Å²) in [5.41, 5.74) is 2.34. The van der Waals surface area contributed by atoms with Crippen LogP contribution in [0.5, 0.6) is 11.5 Å². The fraction of sp³-hybridized carbons (Fsp3) is 0.435. The van der Waals surface area contributed by atoms with Crippen LogP contribution in [0.4, 0.5) is 4.39 Å². The first kappa shape index (κ1) is 22.7. The van der Waals surface area contributed by atoms with Gasteiger partial charge in [0.25, 0.3) is 0 Å². The van der Waals surface area contributed by atoms with E-state index in [-0.39, 0.29) is 30.1 Å². The number of carbonyl (C=O) groups is 1. The van der Waals surface area contributed by atoms with Crippen LogP contribution in [0.1, 0.15) is 39.2 Å². The van der Waals surface area contributed by atoms with Crippen LogP contribution in [0.15, 0.2) is 36.4 Å². The molecule has 0 spiro atoms. The Labute approximate surface area is 171 Å². The van der Waals surface area contributed by atoms with E-state index in [9.17, 15) is 14.3 Å². The fourth-order valence-corrected chi connectivity index (χ4v) is 2.88. The van der Waals surface area contributed by atoms with Crippen LogP contribution < -0.4 is 4.74 Å². The molecular formula is C23H29FO5. The molecule has 1 unspecified atom stereocenters. The van der Waals surface area contributed by atoms with Gasteiger partial charge in [-0.2, -0.15) is 0 Å². The highest BCUT2D eigenvalue weighted by Crippen LogP contribution is 2.36. The van der Waals surface area contributed by atoms with Crippen LogP contribution in [0.25, 0.3) is 11.1 Å². The summed E-state index contributed by atoms with van der Waals surface area (Å²) in [6, 6.07) is 9.50. The Bertz CT molecular complexity index is 789. The second-order valence-corrected chi connectivity index (χ2v) is 6.72. The number of phenols is 1. The molecule has 0 aliphatic rings. The molecule has 0 saturated heterocycles. The molecule has 0 aliphatic carbocycles. The molecule has 0 aliphatic heterocycles. The normalized spacial score (nSPS) is 11.9. The van der Waals surface area contributed by atoms with Gasteiger partial charge in [0.2, 0.25) is 0 Å². The van der Waals surface area contributed by atoms with E-state index in [0.717, 1.165) is 17.5 Å². The van der Waals surface area contributed by atoms with Gasteiger partial charge in [0.1, 0.15) is 17.3 Å². The van der Waals surface area contributed by atoms with E-state index in [4.69, 9.17) is 14.2 Å². The van der Waals surface area contributed by atoms with Crippen LogP contribution >= 0.6 is 0 Å². The fourth-order valence-electron chi connectivity index (χ4n) is 2.88. The second-order valence-electron chi connectivity index (χ2n) is 6.72. The summed E-state index contributed by atoms with van der Waals surface area (Å²) in [7, 11) is 0. The third-order valence-corrected chi connectivity index (χ3v) is 4.47. The Kier molecular flexibility index (Phi) is 8.93. The van der Waals surface area contributed by atoms with Gasteiger partial charge < -0.3 is 19.3 Å². The first-order chi connectivity index (χ1) is 13.9. The number of hydrogen-bond acceptors (Lipinski definition) is 5. The third kappa shape index (κ3) is 7.06. The molecule has 0 saturated carbocycles. The highest BCUT2D eigenvalue weighted by atomic mass is 19.1. The minimum Gasteiger partial charge on any atom is -0.507 e. The van der Waals surface area contributed by atoms with E-state index < -0.39 is 0 Å². The maximum Gasteiger partial charge on any atom is 0.308 e. The quantitative estimate of drug-likeness (QED) is 0.427. The van der Waals surface area contributed by atoms with Gasteiger partial charge in [-0.25, -0.2) is 4.39 Å². The summed E-state index contributed by atoms with van der Waals surface area (Å²) in [5.74, 6) is 0.125. The van der Waals surface area contributed by atoms with Crippen molar-refractivity contribution >= 4 is 5.97 Å². The smallest absolute Gasteiger partial charge is 0.308 e. The number of aromatic hydroxyl groups is 1. The average Bonchev–Trinajstić information content (AvgIpc) is 2.69. The summed E-state index contributed by atoms with van der Waals surface area (Å²) in [6.45, 7) is 6.86. The van der Waals surface area contributed by atoms with Gasteiger partial charge in [-0.15, -0.1) is 0 Å². The number of hydrogen-bond donors (Lipinski definition) is 1. The van der Waals surface area contributed by atoms with E-state index >= 15 is 0 Å². The summed E-state index contributed by atoms with van der Waals surface area (Å²) < 4.78 is 29.5. The lowest BCUT2D eigenvalue weighted by Gasteiger charge is -2.19. The van der Waals surface area contributed by atoms with Crippen molar-refractivity contribution in [2.45, 2.75) is 46.1 Å². The van der Waals surface area contributed by atoms with Crippen molar-refractivity contribution < 1.29 is 28.5 Å². The molecule has 0 amide bonds. The zero-order valence-electron chi connectivity index (χ0n) is 17.2. The molecule has 158 valence electrons. The van der Waals surface area contributed by atoms with Crippen molar-refractivity contribution in [3.05, 3.63) is 47.8 Å². The minimum absolute atomic E-state index is 0.0849. The summed E-state index contributed by atoms with van der Waals surface area (Å²) in [5, 5.41) is 10.4. The number of rotatable bonds is 11. The van der Waals surface area contributed by atoms with Crippen molar-refractivity contribution in [2.24, 2.45) is 0 Å². The number of benzene rings is 2. The molecule has 29 heavy (non-hydrogen) atoms. The van der Waals surface area contributed by atoms with Gasteiger partial charge in [-0.1, -0.05) is 19.1 Å². The van der Waals surface area contributed by atoms with Crippen molar-refractivity contribution in [1.29, 1.82) is 0 Å². The Morgan fingerprint density at radius 1 is 1.14 bits per heavy atom. The largest absolute Gasteiger partial charge is 0.507 e. The van der Waals surface area contributed by atoms with Crippen molar-refractivity contribution in [1.82, 2.24) is 0 Å². The third-order valence-electron chi connectivity index (χ3n) is 4.47. The topological polar surface area (TPSA) is 65.0 Å². The summed E-state index contributed by atoms with van der Waals surface area (Å²) in [6.07, 6.45) is 1.49. The van der Waals surface area contributed by atoms with Crippen LogP contribution in [-0.2, 0) is 20.7 Å². The van der Waals surface area contributed by atoms with Gasteiger partial charge in [0, 0.05) is 18.1 Å². The Balaban J connectivity index is 1.93. The lowest BCUT2D eigenvalue weighted by molar-refractivity contribution is -0.144. The van der Waals surface area contributed by atoms with Gasteiger partial charge in [-0.05, 0) is 49.6 Å². The maximum absolute atomic E-state index is 13.2. The SMILES string of the molecule is CCOC(=O)CCOCCC(C)Oc1cc(O)c(-c2ccc(F)cc2)cc1CC. The number of esters is 1. The molecule has 2 aromatic carbocycles. The first-order valence-electron chi connectivity index (χ1n) is 9.96. The predicted octanol–water partition coefficient (Wildman–Crippen LogP) is 4.89. The molecule has 0 fully saturated rings. The van der Waals surface area contributed by atoms with E-state index in [2.05, 4.69) is 0 Å². The molecule has 5 nitrogen and oxygen atoms in total. The Morgan fingerprint density at radius 2 is 1.86 bits per heavy atom. The lowest BCUT2D eigenvalue weighted by Crippen LogP contribution is -2.16. The number of carbonyl (C=O) groups excluding carboxylic acids is 1. The zero-order chi connectivity index (χ0) is 21.2. The Hall–Kier alpha value is -2.60. The number of ether oxygens (including phenoxy) is 3. The predicted molar refractivity (Wildman–Crippen MR) is 110 cm³/mol. The second kappa shape index (κ2) is 11.4. The highest BCUT2D eigenvalue weighted by Gasteiger charge is 2.14. The van der Waals surface area contributed by atoms with E-state index in [0.29, 0.717) is 37.6 Å². The number of phenolic OH excluding ortho intramolecular Hbond substituents is 1. The van der Waals surface area contributed by atoms with Crippen LogP contribution in [0.3, 0.4) is 0 Å². The molecular weight excluding hydrogens is 375 g/mol. The molecule has 1 N–H and O–H groups in total. The lowest BCUT2D eigenvalue weighted by atomic mass is 10.00. The van der Waals surface area contributed by atoms with Crippen LogP contribution in [-0.4, -0.2) is 37.0 Å². The van der Waals surface area contributed by atoms with Gasteiger partial charge >= 0.3 is 5.97 Å². The number of halogens is 1. The molecule has 2 aromatic rings. The van der Waals surface area contributed by atoms with Gasteiger partial charge in [0.15, 0.2) is 0 Å². The highest BCUT2D eigenvalue weighted by molar-refractivity contribution is 5.72. The monoisotopic (exact) mass is 404 g/mol.